The molecule has 142 valence electrons. The van der Waals surface area contributed by atoms with E-state index in [-0.39, 0.29) is 5.56 Å². The molecule has 1 aliphatic rings. The van der Waals surface area contributed by atoms with Crippen molar-refractivity contribution in [2.24, 2.45) is 4.99 Å². The van der Waals surface area contributed by atoms with Gasteiger partial charge in [-0.1, -0.05) is 11.6 Å². The van der Waals surface area contributed by atoms with Crippen LogP contribution in [0.2, 0.25) is 5.02 Å². The normalized spacial score (nSPS) is 14.0. The summed E-state index contributed by atoms with van der Waals surface area (Å²) in [6, 6.07) is 8.21. The van der Waals surface area contributed by atoms with Gasteiger partial charge in [0.2, 0.25) is 0 Å². The summed E-state index contributed by atoms with van der Waals surface area (Å²) in [5.74, 6) is 0.369. The second-order valence-corrected chi connectivity index (χ2v) is 6.60. The van der Waals surface area contributed by atoms with Crippen molar-refractivity contribution in [3.05, 3.63) is 46.5 Å². The third-order valence-corrected chi connectivity index (χ3v) is 4.83. The van der Waals surface area contributed by atoms with Gasteiger partial charge in [-0.15, -0.1) is 0 Å². The number of rotatable bonds is 6. The molecule has 0 amide bonds. The van der Waals surface area contributed by atoms with Gasteiger partial charge in [0, 0.05) is 30.9 Å². The Morgan fingerprint density at radius 1 is 1.15 bits per heavy atom. The summed E-state index contributed by atoms with van der Waals surface area (Å²) in [6.45, 7) is 1.98. The minimum Gasteiger partial charge on any atom is -0.496 e. The van der Waals surface area contributed by atoms with Crippen LogP contribution in [0.15, 0.2) is 35.3 Å². The molecule has 0 aromatic heterocycles. The third kappa shape index (κ3) is 4.17. The number of nitrogens with zero attached hydrogens (tertiary/aromatic N) is 2. The van der Waals surface area contributed by atoms with Crippen LogP contribution in [0.1, 0.15) is 28.8 Å². The Balaban J connectivity index is 1.98. The lowest BCUT2D eigenvalue weighted by molar-refractivity contribution is 0.0697. The van der Waals surface area contributed by atoms with Crippen molar-refractivity contribution in [1.82, 2.24) is 0 Å². The molecule has 0 bridgehead atoms. The molecule has 2 aromatic rings. The minimum absolute atomic E-state index is 0.125. The Hall–Kier alpha value is -2.73. The number of carbonyl (C=O) groups is 1. The molecule has 27 heavy (non-hydrogen) atoms. The number of ether oxygens (including phenoxy) is 2. The van der Waals surface area contributed by atoms with E-state index in [1.54, 1.807) is 20.4 Å². The maximum Gasteiger partial charge on any atom is 0.335 e. The largest absolute Gasteiger partial charge is 0.496 e. The Bertz CT molecular complexity index is 877. The van der Waals surface area contributed by atoms with Gasteiger partial charge in [0.25, 0.3) is 0 Å². The Morgan fingerprint density at radius 2 is 1.85 bits per heavy atom. The van der Waals surface area contributed by atoms with Gasteiger partial charge in [0.05, 0.1) is 36.2 Å². The summed E-state index contributed by atoms with van der Waals surface area (Å²) in [7, 11) is 3.24. The van der Waals surface area contributed by atoms with Crippen molar-refractivity contribution < 1.29 is 19.4 Å². The van der Waals surface area contributed by atoms with Crippen molar-refractivity contribution in [2.75, 3.05) is 32.2 Å². The van der Waals surface area contributed by atoms with E-state index in [0.717, 1.165) is 37.4 Å². The van der Waals surface area contributed by atoms with Crippen LogP contribution in [0.4, 0.5) is 11.4 Å². The van der Waals surface area contributed by atoms with Crippen molar-refractivity contribution >= 4 is 35.2 Å². The van der Waals surface area contributed by atoms with E-state index in [2.05, 4.69) is 9.89 Å². The number of aliphatic imine (C=N–C) groups is 1. The number of hydrogen-bond acceptors (Lipinski definition) is 5. The molecule has 0 radical (unpaired) electrons. The zero-order valence-corrected chi connectivity index (χ0v) is 16.0. The molecule has 2 aromatic carbocycles. The van der Waals surface area contributed by atoms with Gasteiger partial charge in [0.15, 0.2) is 0 Å². The van der Waals surface area contributed by atoms with E-state index in [9.17, 15) is 4.79 Å². The maximum absolute atomic E-state index is 11.1. The quantitative estimate of drug-likeness (QED) is 0.742. The fourth-order valence-electron chi connectivity index (χ4n) is 3.09. The number of hydrogen-bond donors (Lipinski definition) is 1. The smallest absolute Gasteiger partial charge is 0.335 e. The second-order valence-electron chi connectivity index (χ2n) is 6.19. The van der Waals surface area contributed by atoms with Gasteiger partial charge in [0.1, 0.15) is 11.5 Å². The molecular formula is C20H21ClN2O4. The standard InChI is InChI=1S/C20H21ClN2O4/c1-26-18-11-17(23-7-3-4-8-23)19(27-2)10-14(18)12-22-16-9-13(20(24)25)5-6-15(16)21/h5-6,9-12H,3-4,7-8H2,1-2H3,(H,24,25). The SMILES string of the molecule is COc1cc(N2CCCC2)c(OC)cc1C=Nc1cc(C(=O)O)ccc1Cl. The zero-order valence-electron chi connectivity index (χ0n) is 15.2. The van der Waals surface area contributed by atoms with Crippen molar-refractivity contribution in [3.63, 3.8) is 0 Å². The van der Waals surface area contributed by atoms with E-state index in [1.165, 1.54) is 18.2 Å². The average Bonchev–Trinajstić information content (AvgIpc) is 3.21. The first kappa shape index (κ1) is 19.0. The molecule has 0 saturated carbocycles. The molecule has 1 heterocycles. The van der Waals surface area contributed by atoms with Gasteiger partial charge in [-0.05, 0) is 37.1 Å². The molecule has 0 unspecified atom stereocenters. The predicted octanol–water partition coefficient (Wildman–Crippen LogP) is 4.41. The predicted molar refractivity (Wildman–Crippen MR) is 107 cm³/mol. The Morgan fingerprint density at radius 3 is 2.48 bits per heavy atom. The maximum atomic E-state index is 11.1. The van der Waals surface area contributed by atoms with Crippen molar-refractivity contribution in [1.29, 1.82) is 0 Å². The number of methoxy groups -OCH3 is 2. The minimum atomic E-state index is -1.03. The molecule has 3 rings (SSSR count). The highest BCUT2D eigenvalue weighted by Crippen LogP contribution is 2.37. The van der Waals surface area contributed by atoms with Crippen molar-refractivity contribution in [3.8, 4) is 11.5 Å². The molecule has 6 nitrogen and oxygen atoms in total. The molecule has 1 N–H and O–H groups in total. The first-order chi connectivity index (χ1) is 13.0. The number of carboxylic acid groups (broad SMARTS) is 1. The lowest BCUT2D eigenvalue weighted by atomic mass is 10.1. The number of halogens is 1. The van der Waals surface area contributed by atoms with E-state index in [1.807, 2.05) is 12.1 Å². The van der Waals surface area contributed by atoms with Crippen LogP contribution >= 0.6 is 11.6 Å². The van der Waals surface area contributed by atoms with Gasteiger partial charge in [-0.2, -0.15) is 0 Å². The molecule has 0 aliphatic carbocycles. The zero-order chi connectivity index (χ0) is 19.4. The van der Waals surface area contributed by atoms with Crippen molar-refractivity contribution in [2.45, 2.75) is 12.8 Å². The fraction of sp³-hybridized carbons (Fsp3) is 0.300. The van der Waals surface area contributed by atoms with Crippen LogP contribution in [-0.4, -0.2) is 44.6 Å². The average molecular weight is 389 g/mol. The number of aromatic carboxylic acids is 1. The molecule has 1 saturated heterocycles. The Kier molecular flexibility index (Phi) is 5.86. The van der Waals surface area contributed by atoms with Gasteiger partial charge < -0.3 is 19.5 Å². The number of benzene rings is 2. The number of anilines is 1. The Labute approximate surface area is 163 Å². The monoisotopic (exact) mass is 388 g/mol. The summed E-state index contributed by atoms with van der Waals surface area (Å²) in [5, 5.41) is 9.51. The topological polar surface area (TPSA) is 71.4 Å². The second kappa shape index (κ2) is 8.31. The lowest BCUT2D eigenvalue weighted by Gasteiger charge is -2.22. The van der Waals surface area contributed by atoms with E-state index in [4.69, 9.17) is 26.2 Å². The van der Waals surface area contributed by atoms with Crippen LogP contribution in [-0.2, 0) is 0 Å². The van der Waals surface area contributed by atoms with Crippen LogP contribution < -0.4 is 14.4 Å². The summed E-state index contributed by atoms with van der Waals surface area (Å²) >= 11 is 6.14. The van der Waals surface area contributed by atoms with Gasteiger partial charge in [-0.25, -0.2) is 4.79 Å². The highest BCUT2D eigenvalue weighted by atomic mass is 35.5. The van der Waals surface area contributed by atoms with Gasteiger partial charge in [-0.3, -0.25) is 4.99 Å². The molecule has 0 spiro atoms. The summed E-state index contributed by atoms with van der Waals surface area (Å²) in [5.41, 5.74) is 2.21. The highest BCUT2D eigenvalue weighted by molar-refractivity contribution is 6.33. The summed E-state index contributed by atoms with van der Waals surface area (Å²) in [6.07, 6.45) is 3.92. The first-order valence-corrected chi connectivity index (χ1v) is 8.99. The summed E-state index contributed by atoms with van der Waals surface area (Å²) < 4.78 is 11.1. The number of carboxylic acids is 1. The highest BCUT2D eigenvalue weighted by Gasteiger charge is 2.19. The third-order valence-electron chi connectivity index (χ3n) is 4.51. The van der Waals surface area contributed by atoms with Gasteiger partial charge >= 0.3 is 5.97 Å². The molecular weight excluding hydrogens is 368 g/mol. The van der Waals surface area contributed by atoms with Crippen LogP contribution in [0.25, 0.3) is 0 Å². The molecule has 0 atom stereocenters. The molecule has 1 fully saturated rings. The lowest BCUT2D eigenvalue weighted by Crippen LogP contribution is -2.18. The van der Waals surface area contributed by atoms with Crippen LogP contribution in [0, 0.1) is 0 Å². The molecule has 7 heteroatoms. The fourth-order valence-corrected chi connectivity index (χ4v) is 3.26. The van der Waals surface area contributed by atoms with E-state index >= 15 is 0 Å². The van der Waals surface area contributed by atoms with E-state index < -0.39 is 5.97 Å². The summed E-state index contributed by atoms with van der Waals surface area (Å²) in [4.78, 5) is 17.8. The van der Waals surface area contributed by atoms with Crippen LogP contribution in [0.5, 0.6) is 11.5 Å². The first-order valence-electron chi connectivity index (χ1n) is 8.61. The van der Waals surface area contributed by atoms with E-state index in [0.29, 0.717) is 22.0 Å². The van der Waals surface area contributed by atoms with Crippen LogP contribution in [0.3, 0.4) is 0 Å². The molecule has 1 aliphatic heterocycles.